The van der Waals surface area contributed by atoms with Crippen LogP contribution in [0.15, 0.2) is 36.4 Å². The van der Waals surface area contributed by atoms with E-state index in [1.54, 1.807) is 12.1 Å². The van der Waals surface area contributed by atoms with E-state index in [4.69, 9.17) is 9.84 Å². The molecule has 1 saturated heterocycles. The second-order valence-corrected chi connectivity index (χ2v) is 7.13. The molecule has 0 unspecified atom stereocenters. The van der Waals surface area contributed by atoms with Gasteiger partial charge in [0.15, 0.2) is 0 Å². The second-order valence-electron chi connectivity index (χ2n) is 7.13. The van der Waals surface area contributed by atoms with Crippen LogP contribution >= 0.6 is 0 Å². The third kappa shape index (κ3) is 6.31. The molecule has 0 saturated carbocycles. The number of aromatic carboxylic acids is 1. The van der Waals surface area contributed by atoms with Gasteiger partial charge < -0.3 is 15.2 Å². The molecule has 30 heavy (non-hydrogen) atoms. The lowest BCUT2D eigenvalue weighted by Crippen LogP contribution is -2.35. The Kier molecular flexibility index (Phi) is 7.83. The third-order valence-corrected chi connectivity index (χ3v) is 4.94. The van der Waals surface area contributed by atoms with E-state index < -0.39 is 11.9 Å². The standard InChI is InChI=1S/C21H27N5O4/c1-30-21(29)19-7-3-5-17(24-19)15-26-11-9-22-8-10-25(12-13-26)14-16-4-2-6-18(23-16)20(27)28/h2-7,22H,8-15H2,1H3,(H,27,28). The molecule has 1 aliphatic rings. The fraction of sp³-hybridized carbons (Fsp3) is 0.429. The molecule has 0 atom stereocenters. The van der Waals surface area contributed by atoms with E-state index in [1.165, 1.54) is 13.2 Å². The molecule has 2 aromatic heterocycles. The predicted molar refractivity (Wildman–Crippen MR) is 110 cm³/mol. The topological polar surface area (TPSA) is 108 Å². The molecule has 0 bridgehead atoms. The molecule has 2 N–H and O–H groups in total. The summed E-state index contributed by atoms with van der Waals surface area (Å²) in [7, 11) is 1.35. The van der Waals surface area contributed by atoms with Crippen molar-refractivity contribution in [1.29, 1.82) is 0 Å². The number of carbonyl (C=O) groups is 2. The zero-order valence-corrected chi connectivity index (χ0v) is 17.1. The summed E-state index contributed by atoms with van der Waals surface area (Å²) >= 11 is 0. The summed E-state index contributed by atoms with van der Waals surface area (Å²) in [5, 5.41) is 12.6. The quantitative estimate of drug-likeness (QED) is 0.667. The molecule has 0 spiro atoms. The van der Waals surface area contributed by atoms with E-state index in [2.05, 4.69) is 25.1 Å². The average Bonchev–Trinajstić information content (AvgIpc) is 2.86. The minimum Gasteiger partial charge on any atom is -0.477 e. The van der Waals surface area contributed by atoms with Crippen molar-refractivity contribution in [1.82, 2.24) is 25.1 Å². The number of carbonyl (C=O) groups excluding carboxylic acids is 1. The third-order valence-electron chi connectivity index (χ3n) is 4.94. The van der Waals surface area contributed by atoms with Crippen LogP contribution in [0.25, 0.3) is 0 Å². The first-order chi connectivity index (χ1) is 14.5. The Balaban J connectivity index is 1.63. The smallest absolute Gasteiger partial charge is 0.356 e. The first-order valence-corrected chi connectivity index (χ1v) is 9.94. The number of aromatic nitrogens is 2. The van der Waals surface area contributed by atoms with Crippen molar-refractivity contribution in [3.8, 4) is 0 Å². The van der Waals surface area contributed by atoms with Gasteiger partial charge in [0.2, 0.25) is 0 Å². The monoisotopic (exact) mass is 413 g/mol. The van der Waals surface area contributed by atoms with Gasteiger partial charge in [-0.15, -0.1) is 0 Å². The van der Waals surface area contributed by atoms with Gasteiger partial charge in [-0.3, -0.25) is 9.80 Å². The summed E-state index contributed by atoms with van der Waals surface area (Å²) in [6.45, 7) is 6.29. The summed E-state index contributed by atoms with van der Waals surface area (Å²) in [5.74, 6) is -1.46. The number of rotatable bonds is 6. The van der Waals surface area contributed by atoms with Gasteiger partial charge in [-0.05, 0) is 24.3 Å². The van der Waals surface area contributed by atoms with E-state index in [1.807, 2.05) is 18.2 Å². The molecule has 0 aliphatic carbocycles. The van der Waals surface area contributed by atoms with Gasteiger partial charge in [0.25, 0.3) is 0 Å². The molecule has 2 aromatic rings. The lowest BCUT2D eigenvalue weighted by molar-refractivity contribution is 0.0592. The van der Waals surface area contributed by atoms with Crippen LogP contribution in [0.4, 0.5) is 0 Å². The van der Waals surface area contributed by atoms with Crippen molar-refractivity contribution in [3.63, 3.8) is 0 Å². The maximum atomic E-state index is 11.7. The fourth-order valence-corrected chi connectivity index (χ4v) is 3.35. The van der Waals surface area contributed by atoms with E-state index >= 15 is 0 Å². The van der Waals surface area contributed by atoms with Crippen LogP contribution < -0.4 is 5.32 Å². The van der Waals surface area contributed by atoms with E-state index in [0.717, 1.165) is 50.7 Å². The number of pyridine rings is 2. The van der Waals surface area contributed by atoms with Crippen molar-refractivity contribution in [2.45, 2.75) is 13.1 Å². The Morgan fingerprint density at radius 2 is 1.47 bits per heavy atom. The molecule has 3 rings (SSSR count). The number of hydrogen-bond donors (Lipinski definition) is 2. The van der Waals surface area contributed by atoms with Gasteiger partial charge in [0.1, 0.15) is 11.4 Å². The number of esters is 1. The lowest BCUT2D eigenvalue weighted by Gasteiger charge is -2.25. The van der Waals surface area contributed by atoms with E-state index in [9.17, 15) is 9.59 Å². The van der Waals surface area contributed by atoms with Crippen LogP contribution in [0.1, 0.15) is 32.4 Å². The maximum absolute atomic E-state index is 11.7. The molecule has 9 nitrogen and oxygen atoms in total. The first kappa shape index (κ1) is 21.8. The van der Waals surface area contributed by atoms with Crippen molar-refractivity contribution >= 4 is 11.9 Å². The molecular formula is C21H27N5O4. The average molecular weight is 413 g/mol. The molecule has 1 aliphatic heterocycles. The van der Waals surface area contributed by atoms with Crippen LogP contribution in [0.3, 0.4) is 0 Å². The Bertz CT molecular complexity index is 876. The molecule has 160 valence electrons. The zero-order valence-electron chi connectivity index (χ0n) is 17.1. The first-order valence-electron chi connectivity index (χ1n) is 9.94. The van der Waals surface area contributed by atoms with Crippen molar-refractivity contribution < 1.29 is 19.4 Å². The van der Waals surface area contributed by atoms with Crippen LogP contribution in [-0.4, -0.2) is 83.2 Å². The Morgan fingerprint density at radius 3 is 2.00 bits per heavy atom. The number of ether oxygens (including phenoxy) is 1. The summed E-state index contributed by atoms with van der Waals surface area (Å²) in [5.41, 5.74) is 1.93. The Morgan fingerprint density at radius 1 is 0.933 bits per heavy atom. The van der Waals surface area contributed by atoms with Crippen LogP contribution in [0.5, 0.6) is 0 Å². The van der Waals surface area contributed by atoms with Crippen LogP contribution in [-0.2, 0) is 17.8 Å². The van der Waals surface area contributed by atoms with E-state index in [-0.39, 0.29) is 5.69 Å². The summed E-state index contributed by atoms with van der Waals surface area (Å²) in [6, 6.07) is 10.5. The number of carboxylic acids is 1. The Labute approximate surface area is 175 Å². The fourth-order valence-electron chi connectivity index (χ4n) is 3.35. The highest BCUT2D eigenvalue weighted by Gasteiger charge is 2.15. The minimum atomic E-state index is -1.02. The molecule has 1 fully saturated rings. The number of nitrogens with zero attached hydrogens (tertiary/aromatic N) is 4. The van der Waals surface area contributed by atoms with Crippen LogP contribution in [0, 0.1) is 0 Å². The molecule has 0 aromatic carbocycles. The van der Waals surface area contributed by atoms with Crippen molar-refractivity contribution in [2.75, 3.05) is 46.4 Å². The number of nitrogens with one attached hydrogen (secondary N) is 1. The molecule has 9 heteroatoms. The lowest BCUT2D eigenvalue weighted by atomic mass is 10.2. The number of methoxy groups -OCH3 is 1. The van der Waals surface area contributed by atoms with Crippen molar-refractivity contribution in [3.05, 3.63) is 59.2 Å². The minimum absolute atomic E-state index is 0.0630. The molecule has 3 heterocycles. The maximum Gasteiger partial charge on any atom is 0.356 e. The van der Waals surface area contributed by atoms with E-state index in [0.29, 0.717) is 18.8 Å². The van der Waals surface area contributed by atoms with Crippen molar-refractivity contribution in [2.24, 2.45) is 0 Å². The number of hydrogen-bond acceptors (Lipinski definition) is 8. The molecule has 0 amide bonds. The van der Waals surface area contributed by atoms with Gasteiger partial charge in [0.05, 0.1) is 18.5 Å². The second kappa shape index (κ2) is 10.8. The zero-order chi connectivity index (χ0) is 21.3. The predicted octanol–water partition coefficient (Wildman–Crippen LogP) is 0.869. The van der Waals surface area contributed by atoms with Gasteiger partial charge >= 0.3 is 11.9 Å². The highest BCUT2D eigenvalue weighted by atomic mass is 16.5. The normalized spacial score (nSPS) is 16.3. The molecular weight excluding hydrogens is 386 g/mol. The SMILES string of the molecule is COC(=O)c1cccc(CN2CCNCCN(Cc3cccc(C(=O)O)n3)CC2)n1. The largest absolute Gasteiger partial charge is 0.477 e. The van der Waals surface area contributed by atoms with Gasteiger partial charge in [-0.1, -0.05) is 12.1 Å². The molecule has 0 radical (unpaired) electrons. The summed E-state index contributed by atoms with van der Waals surface area (Å²) < 4.78 is 4.75. The van der Waals surface area contributed by atoms with Gasteiger partial charge in [-0.25, -0.2) is 19.6 Å². The number of carboxylic acid groups (broad SMARTS) is 1. The highest BCUT2D eigenvalue weighted by Crippen LogP contribution is 2.08. The van der Waals surface area contributed by atoms with Crippen LogP contribution in [0.2, 0.25) is 0 Å². The highest BCUT2D eigenvalue weighted by molar-refractivity contribution is 5.87. The van der Waals surface area contributed by atoms with Gasteiger partial charge in [0, 0.05) is 52.4 Å². The Hall–Kier alpha value is -2.88. The van der Waals surface area contributed by atoms with Gasteiger partial charge in [-0.2, -0.15) is 0 Å². The summed E-state index contributed by atoms with van der Waals surface area (Å²) in [6.07, 6.45) is 0. The summed E-state index contributed by atoms with van der Waals surface area (Å²) in [4.78, 5) is 36.1.